The topological polar surface area (TPSA) is 44.1 Å². The van der Waals surface area contributed by atoms with Crippen LogP contribution in [-0.2, 0) is 0 Å². The number of hydrogen-bond acceptors (Lipinski definition) is 3. The monoisotopic (exact) mass is 216 g/mol. The Morgan fingerprint density at radius 1 is 1.31 bits per heavy atom. The second-order valence-corrected chi connectivity index (χ2v) is 3.43. The van der Waals surface area contributed by atoms with Gasteiger partial charge in [0, 0.05) is 5.56 Å². The van der Waals surface area contributed by atoms with Gasteiger partial charge in [0.05, 0.1) is 25.2 Å². The van der Waals surface area contributed by atoms with Crippen LogP contribution in [0.5, 0.6) is 5.75 Å². The molecule has 4 heteroatoms. The highest BCUT2D eigenvalue weighted by Crippen LogP contribution is 2.13. The van der Waals surface area contributed by atoms with Crippen LogP contribution in [0.1, 0.15) is 17.3 Å². The van der Waals surface area contributed by atoms with E-state index in [1.54, 1.807) is 43.2 Å². The van der Waals surface area contributed by atoms with Gasteiger partial charge in [0.15, 0.2) is 11.5 Å². The molecule has 0 aliphatic heterocycles. The normalized spacial score (nSPS) is 10.1. The van der Waals surface area contributed by atoms with Gasteiger partial charge in [0.25, 0.3) is 0 Å². The maximum absolute atomic E-state index is 11.1. The zero-order valence-corrected chi connectivity index (χ0v) is 9.18. The molecule has 1 aromatic carbocycles. The second kappa shape index (κ2) is 4.18. The van der Waals surface area contributed by atoms with E-state index in [2.05, 4.69) is 5.10 Å². The molecule has 2 rings (SSSR count). The number of methoxy groups -OCH3 is 1. The Bertz CT molecular complexity index is 500. The fraction of sp³-hybridized carbons (Fsp3) is 0.167. The van der Waals surface area contributed by atoms with E-state index in [1.807, 2.05) is 12.1 Å². The predicted molar refractivity (Wildman–Crippen MR) is 60.1 cm³/mol. The van der Waals surface area contributed by atoms with Crippen molar-refractivity contribution in [2.75, 3.05) is 7.11 Å². The van der Waals surface area contributed by atoms with Gasteiger partial charge in [-0.1, -0.05) is 0 Å². The van der Waals surface area contributed by atoms with Crippen LogP contribution in [-0.4, -0.2) is 22.7 Å². The minimum Gasteiger partial charge on any atom is -0.493 e. The molecule has 16 heavy (non-hydrogen) atoms. The second-order valence-electron chi connectivity index (χ2n) is 3.43. The number of carbonyl (C=O) groups excluding carboxylic acids is 1. The summed E-state index contributed by atoms with van der Waals surface area (Å²) in [5.74, 6) is 0.764. The van der Waals surface area contributed by atoms with Crippen molar-refractivity contribution >= 4 is 5.78 Å². The highest BCUT2D eigenvalue weighted by Gasteiger charge is 2.02. The number of aromatic nitrogens is 2. The Morgan fingerprint density at radius 3 is 2.50 bits per heavy atom. The summed E-state index contributed by atoms with van der Waals surface area (Å²) in [5.41, 5.74) is 1.59. The highest BCUT2D eigenvalue weighted by atomic mass is 16.5. The summed E-state index contributed by atoms with van der Waals surface area (Å²) in [6.07, 6.45) is 3.42. The Kier molecular flexibility index (Phi) is 2.72. The fourth-order valence-electron chi connectivity index (χ4n) is 1.40. The molecule has 0 aliphatic carbocycles. The first kappa shape index (κ1) is 10.4. The maximum Gasteiger partial charge on any atom is 0.159 e. The molecule has 1 aromatic heterocycles. The first-order chi connectivity index (χ1) is 7.70. The molecule has 0 N–H and O–H groups in total. The summed E-state index contributed by atoms with van der Waals surface area (Å²) in [7, 11) is 1.60. The Hall–Kier alpha value is -2.10. The van der Waals surface area contributed by atoms with Crippen LogP contribution in [0, 0.1) is 0 Å². The molecule has 0 amide bonds. The number of carbonyl (C=O) groups is 1. The molecule has 0 saturated carbocycles. The molecule has 82 valence electrons. The quantitative estimate of drug-likeness (QED) is 0.738. The van der Waals surface area contributed by atoms with E-state index in [0.29, 0.717) is 11.3 Å². The fourth-order valence-corrected chi connectivity index (χ4v) is 1.40. The van der Waals surface area contributed by atoms with Crippen molar-refractivity contribution in [2.45, 2.75) is 6.92 Å². The van der Waals surface area contributed by atoms with Gasteiger partial charge in [-0.3, -0.25) is 4.79 Å². The zero-order chi connectivity index (χ0) is 11.5. The van der Waals surface area contributed by atoms with Crippen molar-refractivity contribution in [1.82, 2.24) is 9.78 Å². The number of Topliss-reactive ketones (excluding diaryl/α,β-unsaturated/α-hetero) is 1. The van der Waals surface area contributed by atoms with Gasteiger partial charge in [0.1, 0.15) is 0 Å². The van der Waals surface area contributed by atoms with Crippen LogP contribution >= 0.6 is 0 Å². The lowest BCUT2D eigenvalue weighted by atomic mass is 10.1. The van der Waals surface area contributed by atoms with Crippen molar-refractivity contribution in [2.24, 2.45) is 0 Å². The highest BCUT2D eigenvalue weighted by molar-refractivity contribution is 5.94. The number of ether oxygens (including phenoxy) is 1. The Morgan fingerprint density at radius 2 is 2.00 bits per heavy atom. The SMILES string of the molecule is COc1cnn(-c2ccc(C(C)=O)cc2)c1. The van der Waals surface area contributed by atoms with Crippen LogP contribution in [0.3, 0.4) is 0 Å². The molecule has 1 heterocycles. The molecular weight excluding hydrogens is 204 g/mol. The minimum absolute atomic E-state index is 0.0598. The predicted octanol–water partition coefficient (Wildman–Crippen LogP) is 2.08. The van der Waals surface area contributed by atoms with E-state index in [1.165, 1.54) is 0 Å². The number of ketones is 1. The third kappa shape index (κ3) is 1.95. The van der Waals surface area contributed by atoms with Gasteiger partial charge < -0.3 is 4.74 Å². The number of benzene rings is 1. The molecule has 2 aromatic rings. The summed E-state index contributed by atoms with van der Waals surface area (Å²) in [6, 6.07) is 7.27. The van der Waals surface area contributed by atoms with Gasteiger partial charge in [-0.15, -0.1) is 0 Å². The lowest BCUT2D eigenvalue weighted by Crippen LogP contribution is -1.96. The molecule has 0 spiro atoms. The average molecular weight is 216 g/mol. The van der Waals surface area contributed by atoms with Gasteiger partial charge in [0.2, 0.25) is 0 Å². The van der Waals surface area contributed by atoms with Gasteiger partial charge in [-0.25, -0.2) is 4.68 Å². The van der Waals surface area contributed by atoms with E-state index in [0.717, 1.165) is 5.69 Å². The van der Waals surface area contributed by atoms with E-state index >= 15 is 0 Å². The van der Waals surface area contributed by atoms with Crippen LogP contribution < -0.4 is 4.74 Å². The summed E-state index contributed by atoms with van der Waals surface area (Å²) in [4.78, 5) is 11.1. The Labute approximate surface area is 93.5 Å². The molecule has 0 unspecified atom stereocenters. The Balaban J connectivity index is 2.30. The van der Waals surface area contributed by atoms with E-state index in [-0.39, 0.29) is 5.78 Å². The van der Waals surface area contributed by atoms with Crippen molar-refractivity contribution in [1.29, 1.82) is 0 Å². The van der Waals surface area contributed by atoms with Crippen molar-refractivity contribution in [3.8, 4) is 11.4 Å². The summed E-state index contributed by atoms with van der Waals surface area (Å²) >= 11 is 0. The molecule has 0 atom stereocenters. The van der Waals surface area contributed by atoms with E-state index in [9.17, 15) is 4.79 Å². The van der Waals surface area contributed by atoms with Crippen molar-refractivity contribution in [3.05, 3.63) is 42.2 Å². The van der Waals surface area contributed by atoms with Crippen LogP contribution in [0.2, 0.25) is 0 Å². The molecule has 0 fully saturated rings. The summed E-state index contributed by atoms with van der Waals surface area (Å²) in [5, 5.41) is 4.14. The van der Waals surface area contributed by atoms with Crippen molar-refractivity contribution < 1.29 is 9.53 Å². The minimum atomic E-state index is 0.0598. The van der Waals surface area contributed by atoms with Crippen LogP contribution in [0.25, 0.3) is 5.69 Å². The maximum atomic E-state index is 11.1. The first-order valence-electron chi connectivity index (χ1n) is 4.91. The standard InChI is InChI=1S/C12H12N2O2/c1-9(15)10-3-5-11(6-4-10)14-8-12(16-2)7-13-14/h3-8H,1-2H3. The number of hydrogen-bond donors (Lipinski definition) is 0. The molecule has 0 radical (unpaired) electrons. The lowest BCUT2D eigenvalue weighted by molar-refractivity contribution is 0.101. The van der Waals surface area contributed by atoms with E-state index in [4.69, 9.17) is 4.74 Å². The molecule has 0 saturated heterocycles. The van der Waals surface area contributed by atoms with Gasteiger partial charge in [-0.2, -0.15) is 5.10 Å². The summed E-state index contributed by atoms with van der Waals surface area (Å²) < 4.78 is 6.74. The summed E-state index contributed by atoms with van der Waals surface area (Å²) in [6.45, 7) is 1.55. The molecule has 0 aliphatic rings. The zero-order valence-electron chi connectivity index (χ0n) is 9.18. The lowest BCUT2D eigenvalue weighted by Gasteiger charge is -2.01. The van der Waals surface area contributed by atoms with Crippen molar-refractivity contribution in [3.63, 3.8) is 0 Å². The molecule has 4 nitrogen and oxygen atoms in total. The molecular formula is C12H12N2O2. The largest absolute Gasteiger partial charge is 0.493 e. The van der Waals surface area contributed by atoms with Gasteiger partial charge >= 0.3 is 0 Å². The van der Waals surface area contributed by atoms with E-state index < -0.39 is 0 Å². The first-order valence-corrected chi connectivity index (χ1v) is 4.91. The van der Waals surface area contributed by atoms with Gasteiger partial charge in [-0.05, 0) is 31.2 Å². The number of rotatable bonds is 3. The van der Waals surface area contributed by atoms with Crippen LogP contribution in [0.15, 0.2) is 36.7 Å². The average Bonchev–Trinajstić information content (AvgIpc) is 2.77. The molecule has 0 bridgehead atoms. The van der Waals surface area contributed by atoms with Crippen LogP contribution in [0.4, 0.5) is 0 Å². The number of nitrogens with zero attached hydrogens (tertiary/aromatic N) is 2. The third-order valence-corrected chi connectivity index (χ3v) is 2.33. The third-order valence-electron chi connectivity index (χ3n) is 2.33. The smallest absolute Gasteiger partial charge is 0.159 e.